The van der Waals surface area contributed by atoms with Crippen LogP contribution in [-0.4, -0.2) is 41.7 Å². The Bertz CT molecular complexity index is 1220. The van der Waals surface area contributed by atoms with Crippen LogP contribution in [0, 0.1) is 11.3 Å². The van der Waals surface area contributed by atoms with Crippen LogP contribution in [0.3, 0.4) is 0 Å². The van der Waals surface area contributed by atoms with Gasteiger partial charge >= 0.3 is 5.97 Å². The molecule has 136 valence electrons. The zero-order valence-corrected chi connectivity index (χ0v) is 14.2. The molecule has 28 heavy (non-hydrogen) atoms. The number of aromatic amines is 2. The first kappa shape index (κ1) is 16.9. The normalized spacial score (nSPS) is 11.3. The molecule has 10 heteroatoms. The summed E-state index contributed by atoms with van der Waals surface area (Å²) in [6.45, 7) is 0. The van der Waals surface area contributed by atoms with Crippen molar-refractivity contribution in [2.24, 2.45) is 0 Å². The van der Waals surface area contributed by atoms with Crippen molar-refractivity contribution < 1.29 is 9.90 Å². The van der Waals surface area contributed by atoms with Crippen LogP contribution in [-0.2, 0) is 0 Å². The van der Waals surface area contributed by atoms with Gasteiger partial charge < -0.3 is 15.4 Å². The third-order valence-electron chi connectivity index (χ3n) is 3.98. The maximum atomic E-state index is 11.1. The Balaban J connectivity index is 1.55. The van der Waals surface area contributed by atoms with E-state index in [2.05, 4.69) is 35.9 Å². The number of carboxylic acids is 1. The number of aromatic nitrogens is 6. The third-order valence-corrected chi connectivity index (χ3v) is 3.98. The Morgan fingerprint density at radius 3 is 2.71 bits per heavy atom. The lowest BCUT2D eigenvalue weighted by molar-refractivity contribution is 0.0697. The number of rotatable bonds is 5. The molecule has 4 N–H and O–H groups in total. The van der Waals surface area contributed by atoms with Gasteiger partial charge in [0.25, 0.3) is 0 Å². The van der Waals surface area contributed by atoms with E-state index in [1.54, 1.807) is 12.1 Å². The summed E-state index contributed by atoms with van der Waals surface area (Å²) in [5, 5.41) is 34.5. The number of aromatic carboxylic acids is 1. The number of benzene rings is 2. The molecule has 0 aliphatic rings. The first-order chi connectivity index (χ1) is 13.6. The number of nitriles is 1. The summed E-state index contributed by atoms with van der Waals surface area (Å²) in [4.78, 5) is 18.7. The van der Waals surface area contributed by atoms with E-state index in [0.29, 0.717) is 16.9 Å². The number of H-pyrrole nitrogens is 2. The van der Waals surface area contributed by atoms with E-state index < -0.39 is 5.97 Å². The highest BCUT2D eigenvalue weighted by Gasteiger charge is 2.09. The zero-order valence-electron chi connectivity index (χ0n) is 14.2. The Morgan fingerprint density at radius 2 is 2.04 bits per heavy atom. The first-order valence-corrected chi connectivity index (χ1v) is 8.08. The number of allylic oxidation sites excluding steroid dienone is 1. The number of anilines is 1. The van der Waals surface area contributed by atoms with Gasteiger partial charge in [0.2, 0.25) is 5.82 Å². The molecular weight excluding hydrogens is 360 g/mol. The number of nitrogens with one attached hydrogen (secondary N) is 3. The van der Waals surface area contributed by atoms with Crippen molar-refractivity contribution in [2.45, 2.75) is 0 Å². The zero-order chi connectivity index (χ0) is 19.5. The van der Waals surface area contributed by atoms with E-state index in [1.807, 2.05) is 30.3 Å². The van der Waals surface area contributed by atoms with Crippen LogP contribution < -0.4 is 5.32 Å². The number of carbonyl (C=O) groups is 1. The molecule has 0 amide bonds. The van der Waals surface area contributed by atoms with Crippen molar-refractivity contribution in [3.05, 3.63) is 60.1 Å². The van der Waals surface area contributed by atoms with Gasteiger partial charge in [-0.2, -0.15) is 10.5 Å². The van der Waals surface area contributed by atoms with Crippen LogP contribution in [0.1, 0.15) is 16.2 Å². The first-order valence-electron chi connectivity index (χ1n) is 8.08. The Labute approximate surface area is 157 Å². The molecule has 0 radical (unpaired) electrons. The van der Waals surface area contributed by atoms with Crippen LogP contribution in [0.5, 0.6) is 0 Å². The molecule has 0 saturated heterocycles. The summed E-state index contributed by atoms with van der Waals surface area (Å²) in [7, 11) is 0. The molecule has 0 saturated carbocycles. The lowest BCUT2D eigenvalue weighted by atomic mass is 10.2. The molecule has 4 rings (SSSR count). The molecule has 0 fully saturated rings. The average molecular weight is 372 g/mol. The molecule has 10 nitrogen and oxygen atoms in total. The van der Waals surface area contributed by atoms with Crippen molar-refractivity contribution in [3.63, 3.8) is 0 Å². The topological polar surface area (TPSA) is 156 Å². The Kier molecular flexibility index (Phi) is 4.23. The summed E-state index contributed by atoms with van der Waals surface area (Å²) >= 11 is 0. The van der Waals surface area contributed by atoms with E-state index in [9.17, 15) is 4.79 Å². The number of carboxylic acid groups (broad SMARTS) is 1. The third kappa shape index (κ3) is 3.27. The van der Waals surface area contributed by atoms with Gasteiger partial charge in [0.15, 0.2) is 0 Å². The van der Waals surface area contributed by atoms with Crippen molar-refractivity contribution in [1.82, 2.24) is 30.6 Å². The van der Waals surface area contributed by atoms with Gasteiger partial charge in [-0.05, 0) is 47.7 Å². The second-order valence-electron chi connectivity index (χ2n) is 5.75. The van der Waals surface area contributed by atoms with Crippen LogP contribution in [0.4, 0.5) is 5.69 Å². The maximum Gasteiger partial charge on any atom is 0.335 e. The fraction of sp³-hybridized carbons (Fsp3) is 0. The standard InChI is InChI=1S/C18H12N8O2/c19-8-12(17-23-25-26-24-17)9-20-13-4-1-10(2-5-13)16-21-14-6-3-11(18(27)28)7-15(14)22-16/h1-7,9,20H,(H,21,22)(H,27,28)(H,23,24,25,26). The maximum absolute atomic E-state index is 11.1. The molecule has 0 spiro atoms. The highest BCUT2D eigenvalue weighted by atomic mass is 16.4. The fourth-order valence-electron chi connectivity index (χ4n) is 2.58. The predicted octanol–water partition coefficient (Wildman–Crippen LogP) is 2.42. The second-order valence-corrected chi connectivity index (χ2v) is 5.75. The number of hydrogen-bond donors (Lipinski definition) is 4. The fourth-order valence-corrected chi connectivity index (χ4v) is 2.58. The quantitative estimate of drug-likeness (QED) is 0.389. The molecule has 2 aromatic carbocycles. The highest BCUT2D eigenvalue weighted by molar-refractivity contribution is 5.93. The van der Waals surface area contributed by atoms with Crippen molar-refractivity contribution in [3.8, 4) is 17.5 Å². The minimum atomic E-state index is -0.987. The van der Waals surface area contributed by atoms with E-state index in [1.165, 1.54) is 12.3 Å². The van der Waals surface area contributed by atoms with Crippen molar-refractivity contribution in [2.75, 3.05) is 5.32 Å². The average Bonchev–Trinajstić information content (AvgIpc) is 3.38. The molecule has 0 atom stereocenters. The number of fused-ring (bicyclic) bond motifs is 1. The minimum absolute atomic E-state index is 0.198. The summed E-state index contributed by atoms with van der Waals surface area (Å²) in [6, 6.07) is 14.1. The van der Waals surface area contributed by atoms with Gasteiger partial charge in [-0.25, -0.2) is 9.78 Å². The van der Waals surface area contributed by atoms with Crippen molar-refractivity contribution >= 4 is 28.3 Å². The number of tetrazole rings is 1. The summed E-state index contributed by atoms with van der Waals surface area (Å²) in [5.74, 6) is -0.155. The molecule has 2 heterocycles. The van der Waals surface area contributed by atoms with Gasteiger partial charge in [0.05, 0.1) is 16.6 Å². The van der Waals surface area contributed by atoms with E-state index in [0.717, 1.165) is 11.3 Å². The molecule has 0 bridgehead atoms. The molecule has 0 aliphatic heterocycles. The Hall–Kier alpha value is -4.52. The summed E-state index contributed by atoms with van der Waals surface area (Å²) in [6.07, 6.45) is 1.49. The van der Waals surface area contributed by atoms with Gasteiger partial charge in [0.1, 0.15) is 17.5 Å². The van der Waals surface area contributed by atoms with Gasteiger partial charge in [0, 0.05) is 17.5 Å². The number of imidazole rings is 1. The lowest BCUT2D eigenvalue weighted by Gasteiger charge is -2.02. The van der Waals surface area contributed by atoms with Crippen LogP contribution >= 0.6 is 0 Å². The smallest absolute Gasteiger partial charge is 0.335 e. The van der Waals surface area contributed by atoms with Crippen molar-refractivity contribution in [1.29, 1.82) is 5.26 Å². The second kappa shape index (κ2) is 7.00. The number of hydrogen-bond acceptors (Lipinski definition) is 7. The minimum Gasteiger partial charge on any atom is -0.478 e. The largest absolute Gasteiger partial charge is 0.478 e. The Morgan fingerprint density at radius 1 is 1.21 bits per heavy atom. The highest BCUT2D eigenvalue weighted by Crippen LogP contribution is 2.23. The van der Waals surface area contributed by atoms with Crippen LogP contribution in [0.15, 0.2) is 48.7 Å². The molecule has 4 aromatic rings. The van der Waals surface area contributed by atoms with Crippen LogP contribution in [0.25, 0.3) is 28.0 Å². The molecular formula is C18H12N8O2. The lowest BCUT2D eigenvalue weighted by Crippen LogP contribution is -1.94. The SMILES string of the molecule is N#CC(=CNc1ccc(-c2nc3ccc(C(=O)O)cc3[nH]2)cc1)c1nn[nH]n1. The molecule has 0 aliphatic carbocycles. The summed E-state index contributed by atoms with van der Waals surface area (Å²) < 4.78 is 0. The summed E-state index contributed by atoms with van der Waals surface area (Å²) in [5.41, 5.74) is 3.36. The van der Waals surface area contributed by atoms with E-state index in [4.69, 9.17) is 10.4 Å². The van der Waals surface area contributed by atoms with Gasteiger partial charge in [-0.15, -0.1) is 10.2 Å². The van der Waals surface area contributed by atoms with E-state index >= 15 is 0 Å². The van der Waals surface area contributed by atoms with E-state index in [-0.39, 0.29) is 17.0 Å². The molecule has 0 unspecified atom stereocenters. The monoisotopic (exact) mass is 372 g/mol. The molecule has 2 aromatic heterocycles. The van der Waals surface area contributed by atoms with Gasteiger partial charge in [-0.3, -0.25) is 0 Å². The number of nitrogens with zero attached hydrogens (tertiary/aromatic N) is 5. The van der Waals surface area contributed by atoms with Gasteiger partial charge in [-0.1, -0.05) is 0 Å². The predicted molar refractivity (Wildman–Crippen MR) is 99.9 cm³/mol. The van der Waals surface area contributed by atoms with Crippen LogP contribution in [0.2, 0.25) is 0 Å².